The third-order valence-electron chi connectivity index (χ3n) is 6.95. The number of rotatable bonds is 2. The van der Waals surface area contributed by atoms with Crippen LogP contribution >= 0.6 is 0 Å². The zero-order valence-electron chi connectivity index (χ0n) is 16.5. The van der Waals surface area contributed by atoms with E-state index in [4.69, 9.17) is 0 Å². The van der Waals surface area contributed by atoms with E-state index in [2.05, 4.69) is 41.1 Å². The van der Waals surface area contributed by atoms with Crippen LogP contribution in [-0.2, 0) is 19.1 Å². The number of hydrogen-bond acceptors (Lipinski definition) is 1. The van der Waals surface area contributed by atoms with Crippen molar-refractivity contribution in [2.24, 2.45) is 11.8 Å². The first-order valence-electron chi connectivity index (χ1n) is 10.4. The summed E-state index contributed by atoms with van der Waals surface area (Å²) in [6, 6.07) is 14.6. The normalized spacial score (nSPS) is 25.0. The van der Waals surface area contributed by atoms with Crippen molar-refractivity contribution in [3.8, 4) is 0 Å². The standard InChI is InChI=1S/C24H25F3N2/c1-15-20-14-29(13-16-5-3-2-4-6-16)10-9-17(20)11-22-23(15)19-12-18(24(25,26)27)7-8-21(19)28-22/h2-8,12,15,17,20,28H,9-11,13-14H2,1H3/t15?,17-,20?/m0/s1. The van der Waals surface area contributed by atoms with Crippen LogP contribution in [0.3, 0.4) is 0 Å². The molecule has 0 spiro atoms. The lowest BCUT2D eigenvalue weighted by Crippen LogP contribution is -2.44. The highest BCUT2D eigenvalue weighted by molar-refractivity contribution is 5.86. The molecule has 2 nitrogen and oxygen atoms in total. The largest absolute Gasteiger partial charge is 0.416 e. The Morgan fingerprint density at radius 1 is 1.10 bits per heavy atom. The number of likely N-dealkylation sites (tertiary alicyclic amines) is 1. The van der Waals surface area contributed by atoms with Crippen molar-refractivity contribution in [2.45, 2.75) is 38.4 Å². The van der Waals surface area contributed by atoms with Crippen LogP contribution in [0.2, 0.25) is 0 Å². The van der Waals surface area contributed by atoms with Gasteiger partial charge in [-0.3, -0.25) is 4.90 Å². The van der Waals surface area contributed by atoms with Gasteiger partial charge in [-0.1, -0.05) is 37.3 Å². The van der Waals surface area contributed by atoms with Crippen LogP contribution in [0.4, 0.5) is 13.2 Å². The van der Waals surface area contributed by atoms with Gasteiger partial charge in [-0.15, -0.1) is 0 Å². The molecule has 5 heteroatoms. The van der Waals surface area contributed by atoms with Gasteiger partial charge in [0.25, 0.3) is 0 Å². The molecule has 1 aliphatic heterocycles. The van der Waals surface area contributed by atoms with Gasteiger partial charge in [-0.05, 0) is 66.5 Å². The summed E-state index contributed by atoms with van der Waals surface area (Å²) in [6.45, 7) is 5.23. The van der Waals surface area contributed by atoms with Crippen LogP contribution in [0.5, 0.6) is 0 Å². The highest BCUT2D eigenvalue weighted by Gasteiger charge is 2.40. The third kappa shape index (κ3) is 3.35. The second-order valence-electron chi connectivity index (χ2n) is 8.70. The number of aromatic amines is 1. The molecule has 0 bridgehead atoms. The maximum absolute atomic E-state index is 13.3. The Labute approximate surface area is 168 Å². The lowest BCUT2D eigenvalue weighted by atomic mass is 9.68. The molecule has 3 atom stereocenters. The molecule has 3 aromatic rings. The van der Waals surface area contributed by atoms with Crippen LogP contribution in [0.25, 0.3) is 10.9 Å². The van der Waals surface area contributed by atoms with Gasteiger partial charge in [0.1, 0.15) is 0 Å². The Balaban J connectivity index is 1.45. The molecule has 0 amide bonds. The number of halogens is 3. The average molecular weight is 398 g/mol. The molecule has 1 aromatic heterocycles. The van der Waals surface area contributed by atoms with E-state index in [-0.39, 0.29) is 5.92 Å². The second-order valence-corrected chi connectivity index (χ2v) is 8.70. The van der Waals surface area contributed by atoms with Crippen molar-refractivity contribution in [1.29, 1.82) is 0 Å². The molecule has 2 unspecified atom stereocenters. The van der Waals surface area contributed by atoms with Crippen molar-refractivity contribution < 1.29 is 13.2 Å². The number of nitrogens with zero attached hydrogens (tertiary/aromatic N) is 1. The van der Waals surface area contributed by atoms with Crippen molar-refractivity contribution in [3.05, 3.63) is 70.9 Å². The molecular formula is C24H25F3N2. The zero-order chi connectivity index (χ0) is 20.2. The summed E-state index contributed by atoms with van der Waals surface area (Å²) >= 11 is 0. The molecule has 5 rings (SSSR count). The first kappa shape index (κ1) is 18.7. The van der Waals surface area contributed by atoms with Crippen molar-refractivity contribution >= 4 is 10.9 Å². The van der Waals surface area contributed by atoms with E-state index >= 15 is 0 Å². The van der Waals surface area contributed by atoms with E-state index in [9.17, 15) is 13.2 Å². The van der Waals surface area contributed by atoms with Crippen LogP contribution in [0, 0.1) is 11.8 Å². The third-order valence-corrected chi connectivity index (χ3v) is 6.95. The Bertz CT molecular complexity index is 1020. The molecule has 1 fully saturated rings. The molecular weight excluding hydrogens is 373 g/mol. The second kappa shape index (κ2) is 6.91. The molecule has 2 heterocycles. The maximum Gasteiger partial charge on any atom is 0.416 e. The van der Waals surface area contributed by atoms with Gasteiger partial charge in [0.15, 0.2) is 0 Å². The topological polar surface area (TPSA) is 19.0 Å². The summed E-state index contributed by atoms with van der Waals surface area (Å²) in [7, 11) is 0. The van der Waals surface area contributed by atoms with Gasteiger partial charge in [0, 0.05) is 29.7 Å². The number of benzene rings is 2. The Kier molecular flexibility index (Phi) is 4.46. The molecule has 0 saturated carbocycles. The summed E-state index contributed by atoms with van der Waals surface area (Å²) < 4.78 is 39.8. The molecule has 29 heavy (non-hydrogen) atoms. The summed E-state index contributed by atoms with van der Waals surface area (Å²) in [6.07, 6.45) is -2.22. The quantitative estimate of drug-likeness (QED) is 0.562. The minimum atomic E-state index is -4.31. The SMILES string of the molecule is CC1c2c([nH]c3ccc(C(F)(F)F)cc23)C[C@@H]2CCN(Cc3ccccc3)CC12. The Morgan fingerprint density at radius 2 is 1.90 bits per heavy atom. The summed E-state index contributed by atoms with van der Waals surface area (Å²) in [5.41, 5.74) is 3.83. The van der Waals surface area contributed by atoms with Crippen molar-refractivity contribution in [2.75, 3.05) is 13.1 Å². The smallest absolute Gasteiger partial charge is 0.358 e. The van der Waals surface area contributed by atoms with Crippen LogP contribution in [0.15, 0.2) is 48.5 Å². The predicted octanol–water partition coefficient (Wildman–Crippen LogP) is 5.98. The number of alkyl halides is 3. The van der Waals surface area contributed by atoms with E-state index in [0.717, 1.165) is 54.6 Å². The van der Waals surface area contributed by atoms with E-state index in [0.29, 0.717) is 11.8 Å². The van der Waals surface area contributed by atoms with Gasteiger partial charge in [0.2, 0.25) is 0 Å². The minimum Gasteiger partial charge on any atom is -0.358 e. The number of nitrogens with one attached hydrogen (secondary N) is 1. The van der Waals surface area contributed by atoms with Crippen LogP contribution in [0.1, 0.15) is 41.6 Å². The number of fused-ring (bicyclic) bond motifs is 4. The number of H-pyrrole nitrogens is 1. The lowest BCUT2D eigenvalue weighted by molar-refractivity contribution is -0.137. The Morgan fingerprint density at radius 3 is 2.66 bits per heavy atom. The molecule has 1 aliphatic carbocycles. The molecule has 1 saturated heterocycles. The molecule has 1 N–H and O–H groups in total. The highest BCUT2D eigenvalue weighted by atomic mass is 19.4. The van der Waals surface area contributed by atoms with Crippen molar-refractivity contribution in [3.63, 3.8) is 0 Å². The average Bonchev–Trinajstić information content (AvgIpc) is 3.06. The maximum atomic E-state index is 13.3. The first-order valence-corrected chi connectivity index (χ1v) is 10.4. The van der Waals surface area contributed by atoms with E-state index in [1.807, 2.05) is 6.07 Å². The monoisotopic (exact) mass is 398 g/mol. The number of aromatic nitrogens is 1. The predicted molar refractivity (Wildman–Crippen MR) is 109 cm³/mol. The fourth-order valence-corrected chi connectivity index (χ4v) is 5.51. The summed E-state index contributed by atoms with van der Waals surface area (Å²) in [5.74, 6) is 1.33. The first-order chi connectivity index (χ1) is 13.9. The van der Waals surface area contributed by atoms with E-state index in [1.165, 1.54) is 17.7 Å². The molecule has 2 aromatic carbocycles. The zero-order valence-corrected chi connectivity index (χ0v) is 16.5. The molecule has 0 radical (unpaired) electrons. The number of piperidine rings is 1. The van der Waals surface area contributed by atoms with Gasteiger partial charge in [-0.25, -0.2) is 0 Å². The minimum absolute atomic E-state index is 0.250. The van der Waals surface area contributed by atoms with Gasteiger partial charge >= 0.3 is 6.18 Å². The van der Waals surface area contributed by atoms with Gasteiger partial charge in [-0.2, -0.15) is 13.2 Å². The fourth-order valence-electron chi connectivity index (χ4n) is 5.51. The highest BCUT2D eigenvalue weighted by Crippen LogP contribution is 2.47. The van der Waals surface area contributed by atoms with Gasteiger partial charge in [0.05, 0.1) is 5.56 Å². The number of hydrogen-bond donors (Lipinski definition) is 1. The summed E-state index contributed by atoms with van der Waals surface area (Å²) in [4.78, 5) is 5.94. The van der Waals surface area contributed by atoms with Crippen molar-refractivity contribution in [1.82, 2.24) is 9.88 Å². The summed E-state index contributed by atoms with van der Waals surface area (Å²) in [5, 5.41) is 0.751. The van der Waals surface area contributed by atoms with E-state index < -0.39 is 11.7 Å². The Hall–Kier alpha value is -2.27. The van der Waals surface area contributed by atoms with Crippen LogP contribution in [-0.4, -0.2) is 23.0 Å². The lowest BCUT2D eigenvalue weighted by Gasteiger charge is -2.44. The van der Waals surface area contributed by atoms with E-state index in [1.54, 1.807) is 6.07 Å². The van der Waals surface area contributed by atoms with Crippen LogP contribution < -0.4 is 0 Å². The molecule has 152 valence electrons. The van der Waals surface area contributed by atoms with Gasteiger partial charge < -0.3 is 4.98 Å². The molecule has 2 aliphatic rings. The fraction of sp³-hybridized carbons (Fsp3) is 0.417.